The van der Waals surface area contributed by atoms with Crippen molar-refractivity contribution in [3.05, 3.63) is 46.6 Å². The Kier molecular flexibility index (Phi) is 6.71. The first-order chi connectivity index (χ1) is 17.1. The average Bonchev–Trinajstić information content (AvgIpc) is 3.26. The number of thioether (sulfide) groups is 1. The van der Waals surface area contributed by atoms with Gasteiger partial charge in [-0.15, -0.1) is 23.1 Å². The minimum Gasteiger partial charge on any atom is -0.504 e. The number of phenols is 2. The number of hydrogen-bond acceptors (Lipinski definition) is 12. The first-order valence-corrected chi connectivity index (χ1v) is 11.9. The van der Waals surface area contributed by atoms with Crippen LogP contribution in [-0.4, -0.2) is 76.9 Å². The average molecular weight is 536 g/mol. The highest BCUT2D eigenvalue weighted by atomic mass is 32.2. The predicted octanol–water partition coefficient (Wildman–Crippen LogP) is 0.0515. The summed E-state index contributed by atoms with van der Waals surface area (Å²) in [5.74, 6) is -5.13. The number of aromatic nitrogens is 1. The molecule has 3 heterocycles. The summed E-state index contributed by atoms with van der Waals surface area (Å²) in [6.07, 6.45) is -0.390. The van der Waals surface area contributed by atoms with E-state index < -0.39 is 58.5 Å². The Bertz CT molecular complexity index is 1320. The SMILES string of the molecule is Nc1nc(/C(=N/O[C@@H](C(=O)O)c2ccc(O)c(O)c2)C(=O)N[C@@H]2C(=O)N3C(C(=O)O)=CCS[C@H]23)cs1. The van der Waals surface area contributed by atoms with E-state index in [4.69, 9.17) is 10.6 Å². The van der Waals surface area contributed by atoms with Crippen LogP contribution in [0.5, 0.6) is 11.5 Å². The van der Waals surface area contributed by atoms with E-state index >= 15 is 0 Å². The summed E-state index contributed by atoms with van der Waals surface area (Å²) in [5, 5.41) is 44.9. The Balaban J connectivity index is 1.58. The number of amides is 2. The number of fused-ring (bicyclic) bond motifs is 1. The zero-order valence-electron chi connectivity index (χ0n) is 17.9. The molecule has 2 aliphatic rings. The Morgan fingerprint density at radius 3 is 2.61 bits per heavy atom. The number of hydrogen-bond donors (Lipinski definition) is 6. The summed E-state index contributed by atoms with van der Waals surface area (Å²) in [6.45, 7) is 0. The molecule has 16 heteroatoms. The topological polar surface area (TPSA) is 225 Å². The van der Waals surface area contributed by atoms with Crippen molar-refractivity contribution in [2.45, 2.75) is 17.5 Å². The summed E-state index contributed by atoms with van der Waals surface area (Å²) in [7, 11) is 0. The Morgan fingerprint density at radius 1 is 1.25 bits per heavy atom. The van der Waals surface area contributed by atoms with Gasteiger partial charge in [-0.05, 0) is 18.2 Å². The number of nitrogens with two attached hydrogens (primary N) is 1. The number of phenolic OH excluding ortho intramolecular Hbond substituents is 2. The predicted molar refractivity (Wildman–Crippen MR) is 125 cm³/mol. The summed E-state index contributed by atoms with van der Waals surface area (Å²) in [6, 6.07) is 2.12. The molecule has 36 heavy (non-hydrogen) atoms. The lowest BCUT2D eigenvalue weighted by molar-refractivity contribution is -0.151. The number of oxime groups is 1. The number of carbonyl (C=O) groups is 4. The molecule has 0 bridgehead atoms. The summed E-state index contributed by atoms with van der Waals surface area (Å²) in [5.41, 5.74) is 4.83. The van der Waals surface area contributed by atoms with Gasteiger partial charge in [0.2, 0.25) is 6.10 Å². The molecule has 14 nitrogen and oxygen atoms in total. The Labute approximate surface area is 209 Å². The third-order valence-electron chi connectivity index (χ3n) is 5.11. The van der Waals surface area contributed by atoms with E-state index in [-0.39, 0.29) is 22.1 Å². The van der Waals surface area contributed by atoms with Crippen molar-refractivity contribution in [1.82, 2.24) is 15.2 Å². The summed E-state index contributed by atoms with van der Waals surface area (Å²) in [4.78, 5) is 58.9. The zero-order valence-corrected chi connectivity index (χ0v) is 19.5. The second kappa shape index (κ2) is 9.74. The fourth-order valence-corrected chi connectivity index (χ4v) is 5.15. The second-order valence-electron chi connectivity index (χ2n) is 7.36. The van der Waals surface area contributed by atoms with E-state index in [0.717, 1.165) is 28.4 Å². The van der Waals surface area contributed by atoms with Crippen LogP contribution in [0.4, 0.5) is 5.13 Å². The molecule has 1 aromatic heterocycles. The number of thiazole rings is 1. The van der Waals surface area contributed by atoms with Gasteiger partial charge in [-0.3, -0.25) is 14.5 Å². The van der Waals surface area contributed by atoms with Crippen molar-refractivity contribution < 1.29 is 44.4 Å². The van der Waals surface area contributed by atoms with Gasteiger partial charge in [0.1, 0.15) is 22.8 Å². The number of carboxylic acid groups (broad SMARTS) is 2. The van der Waals surface area contributed by atoms with E-state index in [9.17, 15) is 39.6 Å². The number of aliphatic carboxylic acids is 2. The zero-order chi connectivity index (χ0) is 26.1. The van der Waals surface area contributed by atoms with Gasteiger partial charge in [-0.1, -0.05) is 11.2 Å². The number of carbonyl (C=O) groups excluding carboxylic acids is 2. The first kappa shape index (κ1) is 24.8. The third kappa shape index (κ3) is 4.63. The molecule has 0 spiro atoms. The van der Waals surface area contributed by atoms with Crippen LogP contribution >= 0.6 is 23.1 Å². The van der Waals surface area contributed by atoms with Crippen LogP contribution in [0, 0.1) is 0 Å². The Morgan fingerprint density at radius 2 is 2.00 bits per heavy atom. The van der Waals surface area contributed by atoms with Gasteiger partial charge >= 0.3 is 11.9 Å². The van der Waals surface area contributed by atoms with E-state index in [1.165, 1.54) is 29.3 Å². The number of anilines is 1. The molecule has 2 aliphatic heterocycles. The highest BCUT2D eigenvalue weighted by molar-refractivity contribution is 8.00. The molecular formula is C20H17N5O9S2. The second-order valence-corrected chi connectivity index (χ2v) is 9.40. The van der Waals surface area contributed by atoms with Gasteiger partial charge in [-0.2, -0.15) is 0 Å². The lowest BCUT2D eigenvalue weighted by Gasteiger charge is -2.48. The van der Waals surface area contributed by atoms with Gasteiger partial charge in [-0.25, -0.2) is 14.6 Å². The van der Waals surface area contributed by atoms with Crippen molar-refractivity contribution in [3.8, 4) is 11.5 Å². The quantitative estimate of drug-likeness (QED) is 0.114. The van der Waals surface area contributed by atoms with Crippen LogP contribution in [0.1, 0.15) is 17.4 Å². The number of nitrogens with one attached hydrogen (secondary N) is 1. The van der Waals surface area contributed by atoms with Crippen LogP contribution in [0.25, 0.3) is 0 Å². The minimum absolute atomic E-state index is 0.0567. The number of rotatable bonds is 8. The molecular weight excluding hydrogens is 518 g/mol. The van der Waals surface area contributed by atoms with Crippen molar-refractivity contribution in [2.75, 3.05) is 11.5 Å². The van der Waals surface area contributed by atoms with E-state index in [0.29, 0.717) is 5.75 Å². The van der Waals surface area contributed by atoms with Crippen LogP contribution < -0.4 is 11.1 Å². The highest BCUT2D eigenvalue weighted by Crippen LogP contribution is 2.37. The fraction of sp³-hybridized carbons (Fsp3) is 0.200. The molecule has 0 unspecified atom stereocenters. The molecule has 0 saturated carbocycles. The lowest BCUT2D eigenvalue weighted by atomic mass is 10.0. The molecule has 1 saturated heterocycles. The maximum atomic E-state index is 13.1. The van der Waals surface area contributed by atoms with Gasteiger partial charge in [0.15, 0.2) is 22.3 Å². The largest absolute Gasteiger partial charge is 0.504 e. The number of aromatic hydroxyl groups is 2. The maximum absolute atomic E-state index is 13.1. The lowest BCUT2D eigenvalue weighted by Crippen LogP contribution is -2.70. The maximum Gasteiger partial charge on any atom is 0.352 e. The van der Waals surface area contributed by atoms with Gasteiger partial charge in [0.25, 0.3) is 11.8 Å². The molecule has 0 radical (unpaired) electrons. The van der Waals surface area contributed by atoms with E-state index in [1.54, 1.807) is 0 Å². The number of carboxylic acids is 2. The minimum atomic E-state index is -1.78. The first-order valence-electron chi connectivity index (χ1n) is 9.97. The smallest absolute Gasteiger partial charge is 0.352 e. The molecule has 7 N–H and O–H groups in total. The van der Waals surface area contributed by atoms with Crippen molar-refractivity contribution in [2.24, 2.45) is 5.16 Å². The number of benzene rings is 1. The van der Waals surface area contributed by atoms with Crippen LogP contribution in [-0.2, 0) is 24.0 Å². The molecule has 188 valence electrons. The fourth-order valence-electron chi connectivity index (χ4n) is 3.41. The normalized spacial score (nSPS) is 20.0. The Hall–Kier alpha value is -4.31. The van der Waals surface area contributed by atoms with Crippen molar-refractivity contribution in [1.29, 1.82) is 0 Å². The third-order valence-corrected chi connectivity index (χ3v) is 6.97. The van der Waals surface area contributed by atoms with Crippen molar-refractivity contribution in [3.63, 3.8) is 0 Å². The van der Waals surface area contributed by atoms with Crippen LogP contribution in [0.15, 0.2) is 40.5 Å². The number of nitrogen functional groups attached to an aromatic ring is 1. The van der Waals surface area contributed by atoms with Gasteiger partial charge < -0.3 is 36.3 Å². The molecule has 1 aromatic carbocycles. The molecule has 2 aromatic rings. The summed E-state index contributed by atoms with van der Waals surface area (Å²) < 4.78 is 0. The highest BCUT2D eigenvalue weighted by Gasteiger charge is 2.53. The molecule has 4 rings (SSSR count). The molecule has 3 atom stereocenters. The van der Waals surface area contributed by atoms with Crippen LogP contribution in [0.2, 0.25) is 0 Å². The molecule has 1 fully saturated rings. The van der Waals surface area contributed by atoms with E-state index in [1.807, 2.05) is 0 Å². The molecule has 2 amide bonds. The van der Waals surface area contributed by atoms with Gasteiger partial charge in [0.05, 0.1) is 0 Å². The van der Waals surface area contributed by atoms with Crippen LogP contribution in [0.3, 0.4) is 0 Å². The van der Waals surface area contributed by atoms with Crippen molar-refractivity contribution >= 4 is 57.7 Å². The summed E-state index contributed by atoms with van der Waals surface area (Å²) >= 11 is 2.22. The van der Waals surface area contributed by atoms with E-state index in [2.05, 4.69) is 15.5 Å². The standard InChI is InChI=1S/C20H17N5O9S2/c21-20-22-8(6-36-20)12(24-34-14(19(32)33)7-1-2-10(26)11(27)5-7)15(28)23-13-16(29)25-9(18(30)31)3-4-35-17(13)25/h1-3,5-6,13-14,17,26-27H,4H2,(H2,21,22)(H,23,28)(H,30,31)(H,32,33)/b24-12-/t13-,14-,17-/m1/s1. The molecule has 0 aliphatic carbocycles. The monoisotopic (exact) mass is 535 g/mol. The number of β-lactam (4-membered cyclic amide) rings is 1. The van der Waals surface area contributed by atoms with Gasteiger partial charge in [0, 0.05) is 16.7 Å². The number of nitrogens with zero attached hydrogens (tertiary/aromatic N) is 3.